The van der Waals surface area contributed by atoms with Crippen molar-refractivity contribution in [1.82, 2.24) is 35.4 Å². The highest BCUT2D eigenvalue weighted by molar-refractivity contribution is 5.92. The third kappa shape index (κ3) is 4.35. The second-order valence-electron chi connectivity index (χ2n) is 5.96. The summed E-state index contributed by atoms with van der Waals surface area (Å²) >= 11 is 0. The van der Waals surface area contributed by atoms with Crippen LogP contribution in [-0.4, -0.2) is 36.0 Å². The van der Waals surface area contributed by atoms with Gasteiger partial charge in [0, 0.05) is 18.1 Å². The zero-order valence-electron chi connectivity index (χ0n) is 14.3. The van der Waals surface area contributed by atoms with E-state index in [9.17, 15) is 9.59 Å². The Kier molecular flexibility index (Phi) is 5.11. The third-order valence-electron chi connectivity index (χ3n) is 3.30. The first kappa shape index (κ1) is 17.4. The number of hydrogen-bond acceptors (Lipinski definition) is 8. The van der Waals surface area contributed by atoms with Crippen LogP contribution in [0.4, 0.5) is 0 Å². The summed E-state index contributed by atoms with van der Waals surface area (Å²) in [7, 11) is 0. The average Bonchev–Trinajstić information content (AvgIpc) is 3.08. The molecule has 10 heteroatoms. The number of carbonyl (C=O) groups excluding carboxylic acids is 1. The molecule has 3 aromatic rings. The van der Waals surface area contributed by atoms with Gasteiger partial charge in [0.1, 0.15) is 5.69 Å². The summed E-state index contributed by atoms with van der Waals surface area (Å²) in [6.07, 6.45) is 3.77. The Balaban J connectivity index is 1.67. The summed E-state index contributed by atoms with van der Waals surface area (Å²) in [5.74, 6) is 0.567. The van der Waals surface area contributed by atoms with Crippen molar-refractivity contribution >= 4 is 5.91 Å². The fourth-order valence-corrected chi connectivity index (χ4v) is 2.25. The number of nitrogens with zero attached hydrogens (tertiary/aromatic N) is 5. The van der Waals surface area contributed by atoms with Crippen LogP contribution < -0.4 is 11.0 Å². The molecule has 0 spiro atoms. The maximum atomic E-state index is 12.2. The molecule has 0 unspecified atom stereocenters. The van der Waals surface area contributed by atoms with E-state index in [4.69, 9.17) is 4.52 Å². The van der Waals surface area contributed by atoms with Crippen molar-refractivity contribution in [2.24, 2.45) is 5.92 Å². The lowest BCUT2D eigenvalue weighted by atomic mass is 10.1. The van der Waals surface area contributed by atoms with Crippen molar-refractivity contribution in [2.45, 2.75) is 26.8 Å². The number of rotatable bonds is 6. The molecule has 0 radical (unpaired) electrons. The number of aromatic nitrogens is 6. The van der Waals surface area contributed by atoms with Crippen molar-refractivity contribution < 1.29 is 9.32 Å². The van der Waals surface area contributed by atoms with Gasteiger partial charge in [-0.3, -0.25) is 4.79 Å². The van der Waals surface area contributed by atoms with Crippen LogP contribution in [0.5, 0.6) is 0 Å². The largest absolute Gasteiger partial charge is 0.345 e. The number of carbonyl (C=O) groups is 1. The zero-order chi connectivity index (χ0) is 18.5. The molecule has 0 atom stereocenters. The Bertz CT molecular complexity index is 950. The fourth-order valence-electron chi connectivity index (χ4n) is 2.25. The molecule has 3 heterocycles. The first-order valence-corrected chi connectivity index (χ1v) is 7.99. The van der Waals surface area contributed by atoms with Crippen molar-refractivity contribution in [1.29, 1.82) is 0 Å². The minimum Gasteiger partial charge on any atom is -0.342 e. The van der Waals surface area contributed by atoms with Crippen LogP contribution in [0.3, 0.4) is 0 Å². The lowest BCUT2D eigenvalue weighted by Gasteiger charge is -2.06. The molecule has 3 rings (SSSR count). The normalized spacial score (nSPS) is 10.9. The van der Waals surface area contributed by atoms with Gasteiger partial charge in [0.15, 0.2) is 0 Å². The summed E-state index contributed by atoms with van der Waals surface area (Å²) in [4.78, 5) is 42.3. The summed E-state index contributed by atoms with van der Waals surface area (Å²) in [5, 5.41) is 6.36. The fraction of sp³-hybridized carbons (Fsp3) is 0.312. The van der Waals surface area contributed by atoms with Crippen LogP contribution in [0.15, 0.2) is 33.8 Å². The minimum absolute atomic E-state index is 0.00728. The third-order valence-corrected chi connectivity index (χ3v) is 3.30. The summed E-state index contributed by atoms with van der Waals surface area (Å²) < 4.78 is 5.06. The van der Waals surface area contributed by atoms with Gasteiger partial charge in [-0.1, -0.05) is 19.0 Å². The monoisotopic (exact) mass is 355 g/mol. The molecule has 0 aromatic carbocycles. The lowest BCUT2D eigenvalue weighted by molar-refractivity contribution is 0.0940. The molecule has 26 heavy (non-hydrogen) atoms. The molecule has 10 nitrogen and oxygen atoms in total. The van der Waals surface area contributed by atoms with Crippen LogP contribution in [0.25, 0.3) is 11.6 Å². The standard InChI is InChI=1S/C16H17N7O3/c1-9(2)6-10-7-11(21-16(25)20-10)15(24)19-8-12-22-14(23-26-12)13-17-4-3-5-18-13/h3-5,7,9H,6,8H2,1-2H3,(H,19,24)(H,20,21,25). The van der Waals surface area contributed by atoms with Gasteiger partial charge in [0.05, 0.1) is 6.54 Å². The minimum atomic E-state index is -0.561. The van der Waals surface area contributed by atoms with Gasteiger partial charge in [0.2, 0.25) is 17.5 Å². The van der Waals surface area contributed by atoms with E-state index in [0.29, 0.717) is 23.9 Å². The molecular formula is C16H17N7O3. The van der Waals surface area contributed by atoms with E-state index in [-0.39, 0.29) is 24.0 Å². The molecule has 0 aliphatic rings. The van der Waals surface area contributed by atoms with Gasteiger partial charge >= 0.3 is 5.69 Å². The molecular weight excluding hydrogens is 338 g/mol. The second-order valence-corrected chi connectivity index (χ2v) is 5.96. The van der Waals surface area contributed by atoms with E-state index in [2.05, 4.69) is 35.4 Å². The first-order valence-electron chi connectivity index (χ1n) is 7.99. The predicted octanol–water partition coefficient (Wildman–Crippen LogP) is 0.738. The Labute approximate surface area is 148 Å². The van der Waals surface area contributed by atoms with Crippen LogP contribution in [0, 0.1) is 5.92 Å². The van der Waals surface area contributed by atoms with Crippen molar-refractivity contribution in [3.05, 3.63) is 52.3 Å². The highest BCUT2D eigenvalue weighted by Gasteiger charge is 2.14. The molecule has 0 aliphatic carbocycles. The summed E-state index contributed by atoms with van der Waals surface area (Å²) in [6, 6.07) is 3.24. The topological polar surface area (TPSA) is 140 Å². The van der Waals surface area contributed by atoms with Crippen molar-refractivity contribution in [3.63, 3.8) is 0 Å². The van der Waals surface area contributed by atoms with E-state index in [1.54, 1.807) is 24.5 Å². The smallest absolute Gasteiger partial charge is 0.342 e. The molecule has 0 bridgehead atoms. The van der Waals surface area contributed by atoms with Gasteiger partial charge in [0.25, 0.3) is 5.91 Å². The predicted molar refractivity (Wildman–Crippen MR) is 89.9 cm³/mol. The number of H-pyrrole nitrogens is 1. The van der Waals surface area contributed by atoms with Gasteiger partial charge < -0.3 is 14.8 Å². The Morgan fingerprint density at radius 1 is 1.23 bits per heavy atom. The number of amides is 1. The summed E-state index contributed by atoms with van der Waals surface area (Å²) in [5.41, 5.74) is 0.136. The Hall–Kier alpha value is -3.43. The second kappa shape index (κ2) is 7.64. The average molecular weight is 355 g/mol. The van der Waals surface area contributed by atoms with Gasteiger partial charge in [-0.05, 0) is 24.5 Å². The lowest BCUT2D eigenvalue weighted by Crippen LogP contribution is -2.27. The van der Waals surface area contributed by atoms with Crippen molar-refractivity contribution in [2.75, 3.05) is 0 Å². The molecule has 0 fully saturated rings. The summed E-state index contributed by atoms with van der Waals surface area (Å²) in [6.45, 7) is 4.02. The molecule has 0 aliphatic heterocycles. The van der Waals surface area contributed by atoms with Gasteiger partial charge in [-0.25, -0.2) is 14.8 Å². The maximum absolute atomic E-state index is 12.2. The molecule has 0 saturated heterocycles. The van der Waals surface area contributed by atoms with Gasteiger partial charge in [-0.2, -0.15) is 9.97 Å². The quantitative estimate of drug-likeness (QED) is 0.660. The van der Waals surface area contributed by atoms with Crippen LogP contribution in [0.2, 0.25) is 0 Å². The number of aromatic amines is 1. The SMILES string of the molecule is CC(C)Cc1cc(C(=O)NCc2nc(-c3ncccn3)no2)nc(=O)[nH]1. The zero-order valence-corrected chi connectivity index (χ0v) is 14.3. The van der Waals surface area contributed by atoms with Crippen LogP contribution in [0.1, 0.15) is 35.9 Å². The highest BCUT2D eigenvalue weighted by Crippen LogP contribution is 2.09. The maximum Gasteiger partial charge on any atom is 0.345 e. The van der Waals surface area contributed by atoms with Crippen molar-refractivity contribution in [3.8, 4) is 11.6 Å². The molecule has 3 aromatic heterocycles. The highest BCUT2D eigenvalue weighted by atomic mass is 16.5. The van der Waals surface area contributed by atoms with E-state index >= 15 is 0 Å². The molecule has 1 amide bonds. The molecule has 134 valence electrons. The Morgan fingerprint density at radius 3 is 2.73 bits per heavy atom. The Morgan fingerprint density at radius 2 is 2.00 bits per heavy atom. The number of nitrogens with one attached hydrogen (secondary N) is 2. The van der Waals surface area contributed by atoms with Crippen LogP contribution >= 0.6 is 0 Å². The van der Waals surface area contributed by atoms with Gasteiger partial charge in [-0.15, -0.1) is 0 Å². The van der Waals surface area contributed by atoms with E-state index < -0.39 is 11.6 Å². The van der Waals surface area contributed by atoms with E-state index in [0.717, 1.165) is 0 Å². The van der Waals surface area contributed by atoms with E-state index in [1.807, 2.05) is 13.8 Å². The molecule has 2 N–H and O–H groups in total. The van der Waals surface area contributed by atoms with Crippen LogP contribution in [-0.2, 0) is 13.0 Å². The molecule has 0 saturated carbocycles. The van der Waals surface area contributed by atoms with E-state index in [1.165, 1.54) is 0 Å². The number of hydrogen-bond donors (Lipinski definition) is 2. The first-order chi connectivity index (χ1) is 12.5.